The Hall–Kier alpha value is -3.13. The van der Waals surface area contributed by atoms with Gasteiger partial charge in [-0.2, -0.15) is 0 Å². The molecule has 0 aromatic heterocycles. The van der Waals surface area contributed by atoms with Crippen LogP contribution in [0, 0.1) is 5.82 Å². The summed E-state index contributed by atoms with van der Waals surface area (Å²) < 4.78 is 18.5. The molecule has 0 bridgehead atoms. The fourth-order valence-corrected chi connectivity index (χ4v) is 2.92. The number of anilines is 1. The first kappa shape index (κ1) is 19.6. The molecule has 0 unspecified atom stereocenters. The minimum atomic E-state index is -0.666. The highest BCUT2D eigenvalue weighted by Crippen LogP contribution is 2.30. The second kappa shape index (κ2) is 8.71. The highest BCUT2D eigenvalue weighted by molar-refractivity contribution is 6.34. The van der Waals surface area contributed by atoms with Gasteiger partial charge in [-0.1, -0.05) is 23.7 Å². The van der Waals surface area contributed by atoms with E-state index in [1.807, 2.05) is 0 Å². The lowest BCUT2D eigenvalue weighted by molar-refractivity contribution is -0.124. The topological polar surface area (TPSA) is 87.7 Å². The van der Waals surface area contributed by atoms with Gasteiger partial charge in [0.2, 0.25) is 5.91 Å². The minimum absolute atomic E-state index is 0.0574. The third-order valence-electron chi connectivity index (χ3n) is 4.08. The summed E-state index contributed by atoms with van der Waals surface area (Å²) in [6.07, 6.45) is 1.16. The average molecular weight is 406 g/mol. The molecule has 2 N–H and O–H groups in total. The van der Waals surface area contributed by atoms with Gasteiger partial charge < -0.3 is 9.64 Å². The van der Waals surface area contributed by atoms with Crippen molar-refractivity contribution in [2.75, 3.05) is 18.1 Å². The molecular weight excluding hydrogens is 389 g/mol. The van der Waals surface area contributed by atoms with E-state index in [0.717, 1.165) is 6.42 Å². The number of nitrogens with zero attached hydrogens (tertiary/aromatic N) is 1. The van der Waals surface area contributed by atoms with Gasteiger partial charge in [0.25, 0.3) is 11.8 Å². The highest BCUT2D eigenvalue weighted by atomic mass is 35.5. The van der Waals surface area contributed by atoms with Gasteiger partial charge in [0.05, 0.1) is 10.7 Å². The summed E-state index contributed by atoms with van der Waals surface area (Å²) in [5.74, 6) is -1.98. The molecule has 1 aliphatic rings. The molecule has 0 saturated carbocycles. The Kier molecular flexibility index (Phi) is 6.10. The number of hydrogen-bond donors (Lipinski definition) is 2. The Morgan fingerprint density at radius 3 is 2.68 bits per heavy atom. The first-order chi connectivity index (χ1) is 13.5. The zero-order chi connectivity index (χ0) is 20.1. The number of nitrogens with one attached hydrogen (secondary N) is 2. The number of benzene rings is 2. The van der Waals surface area contributed by atoms with Crippen LogP contribution >= 0.6 is 11.6 Å². The molecule has 1 heterocycles. The van der Waals surface area contributed by atoms with Gasteiger partial charge in [-0.05, 0) is 36.8 Å². The Morgan fingerprint density at radius 2 is 1.96 bits per heavy atom. The van der Waals surface area contributed by atoms with E-state index >= 15 is 0 Å². The standard InChI is InChI=1S/C19H17ClFN3O4/c20-13-8-7-12(10-15(13)24-9-3-6-18(24)26)19(27)23-22-17(25)11-28-16-5-2-1-4-14(16)21/h1-2,4-5,7-8,10H,3,6,9,11H2,(H,22,25)(H,23,27). The van der Waals surface area contributed by atoms with Crippen LogP contribution in [0.5, 0.6) is 5.75 Å². The Balaban J connectivity index is 1.56. The summed E-state index contributed by atoms with van der Waals surface area (Å²) in [6, 6.07) is 10.1. The second-order valence-electron chi connectivity index (χ2n) is 6.04. The lowest BCUT2D eigenvalue weighted by Crippen LogP contribution is -2.43. The number of hydrogen-bond acceptors (Lipinski definition) is 4. The van der Waals surface area contributed by atoms with E-state index in [1.54, 1.807) is 6.07 Å². The van der Waals surface area contributed by atoms with Crippen LogP contribution < -0.4 is 20.5 Å². The molecule has 0 atom stereocenters. The van der Waals surface area contributed by atoms with Gasteiger partial charge in [0.15, 0.2) is 18.2 Å². The van der Waals surface area contributed by atoms with Crippen LogP contribution in [0.1, 0.15) is 23.2 Å². The highest BCUT2D eigenvalue weighted by Gasteiger charge is 2.24. The molecule has 28 heavy (non-hydrogen) atoms. The number of para-hydroxylation sites is 1. The maximum absolute atomic E-state index is 13.4. The number of rotatable bonds is 5. The first-order valence-corrected chi connectivity index (χ1v) is 8.90. The zero-order valence-electron chi connectivity index (χ0n) is 14.7. The summed E-state index contributed by atoms with van der Waals surface area (Å²) in [4.78, 5) is 37.5. The lowest BCUT2D eigenvalue weighted by Gasteiger charge is -2.18. The molecule has 2 aromatic carbocycles. The molecule has 1 aliphatic heterocycles. The van der Waals surface area contributed by atoms with Gasteiger partial charge in [-0.25, -0.2) is 4.39 Å². The van der Waals surface area contributed by atoms with E-state index < -0.39 is 24.2 Å². The minimum Gasteiger partial charge on any atom is -0.481 e. The molecule has 7 nitrogen and oxygen atoms in total. The molecule has 9 heteroatoms. The van der Waals surface area contributed by atoms with Gasteiger partial charge in [0, 0.05) is 18.5 Å². The summed E-state index contributed by atoms with van der Waals surface area (Å²) in [7, 11) is 0. The normalized spacial score (nSPS) is 13.4. The molecule has 0 spiro atoms. The van der Waals surface area contributed by atoms with Crippen molar-refractivity contribution < 1.29 is 23.5 Å². The number of hydrazine groups is 1. The fourth-order valence-electron chi connectivity index (χ4n) is 2.70. The van der Waals surface area contributed by atoms with Crippen molar-refractivity contribution in [1.82, 2.24) is 10.9 Å². The molecule has 0 aliphatic carbocycles. The Morgan fingerprint density at radius 1 is 1.18 bits per heavy atom. The number of amides is 3. The lowest BCUT2D eigenvalue weighted by atomic mass is 10.2. The van der Waals surface area contributed by atoms with Crippen molar-refractivity contribution in [3.05, 3.63) is 58.9 Å². The average Bonchev–Trinajstić information content (AvgIpc) is 3.11. The maximum atomic E-state index is 13.4. The predicted molar refractivity (Wildman–Crippen MR) is 101 cm³/mol. The van der Waals surface area contributed by atoms with E-state index in [1.165, 1.54) is 41.3 Å². The van der Waals surface area contributed by atoms with Crippen LogP contribution in [0.2, 0.25) is 5.02 Å². The molecule has 3 amide bonds. The number of carbonyl (C=O) groups excluding carboxylic acids is 3. The Labute approximate surface area is 165 Å². The summed E-state index contributed by atoms with van der Waals surface area (Å²) in [5, 5.41) is 0.356. The first-order valence-electron chi connectivity index (χ1n) is 8.52. The van der Waals surface area contributed by atoms with Gasteiger partial charge in [-0.15, -0.1) is 0 Å². The molecule has 1 saturated heterocycles. The molecule has 3 rings (SSSR count). The van der Waals surface area contributed by atoms with Gasteiger partial charge >= 0.3 is 0 Å². The van der Waals surface area contributed by atoms with Crippen LogP contribution in [0.25, 0.3) is 0 Å². The molecule has 1 fully saturated rings. The molecular formula is C19H17ClFN3O4. The zero-order valence-corrected chi connectivity index (χ0v) is 15.5. The quantitative estimate of drug-likeness (QED) is 0.748. The Bertz CT molecular complexity index is 922. The maximum Gasteiger partial charge on any atom is 0.276 e. The smallest absolute Gasteiger partial charge is 0.276 e. The van der Waals surface area contributed by atoms with Crippen LogP contribution in [0.4, 0.5) is 10.1 Å². The number of carbonyl (C=O) groups is 3. The van der Waals surface area contributed by atoms with E-state index in [0.29, 0.717) is 23.7 Å². The third kappa shape index (κ3) is 4.58. The van der Waals surface area contributed by atoms with E-state index in [2.05, 4.69) is 10.9 Å². The predicted octanol–water partition coefficient (Wildman–Crippen LogP) is 2.45. The van der Waals surface area contributed by atoms with Gasteiger partial charge in [0.1, 0.15) is 0 Å². The third-order valence-corrected chi connectivity index (χ3v) is 4.40. The van der Waals surface area contributed by atoms with Crippen LogP contribution in [-0.4, -0.2) is 30.9 Å². The molecule has 0 radical (unpaired) electrons. The van der Waals surface area contributed by atoms with Crippen LogP contribution in [0.15, 0.2) is 42.5 Å². The SMILES string of the molecule is O=C(COc1ccccc1F)NNC(=O)c1ccc(Cl)c(N2CCCC2=O)c1. The monoisotopic (exact) mass is 405 g/mol. The van der Waals surface area contributed by atoms with E-state index in [4.69, 9.17) is 16.3 Å². The second-order valence-corrected chi connectivity index (χ2v) is 6.44. The van der Waals surface area contributed by atoms with E-state index in [-0.39, 0.29) is 17.2 Å². The van der Waals surface area contributed by atoms with Crippen molar-refractivity contribution in [3.8, 4) is 5.75 Å². The van der Waals surface area contributed by atoms with Crippen LogP contribution in [0.3, 0.4) is 0 Å². The van der Waals surface area contributed by atoms with Crippen molar-refractivity contribution in [2.24, 2.45) is 0 Å². The van der Waals surface area contributed by atoms with Crippen LogP contribution in [-0.2, 0) is 9.59 Å². The molecule has 2 aromatic rings. The van der Waals surface area contributed by atoms with E-state index in [9.17, 15) is 18.8 Å². The number of halogens is 2. The fraction of sp³-hybridized carbons (Fsp3) is 0.211. The van der Waals surface area contributed by atoms with Crippen molar-refractivity contribution in [2.45, 2.75) is 12.8 Å². The number of ether oxygens (including phenoxy) is 1. The van der Waals surface area contributed by atoms with Crippen molar-refractivity contribution >= 4 is 35.0 Å². The largest absolute Gasteiger partial charge is 0.481 e. The molecule has 146 valence electrons. The van der Waals surface area contributed by atoms with Crippen molar-refractivity contribution in [3.63, 3.8) is 0 Å². The summed E-state index contributed by atoms with van der Waals surface area (Å²) in [5.41, 5.74) is 5.09. The van der Waals surface area contributed by atoms with Crippen molar-refractivity contribution in [1.29, 1.82) is 0 Å². The summed E-state index contributed by atoms with van der Waals surface area (Å²) in [6.45, 7) is 0.0586. The van der Waals surface area contributed by atoms with Gasteiger partial charge in [-0.3, -0.25) is 25.2 Å². The summed E-state index contributed by atoms with van der Waals surface area (Å²) >= 11 is 6.14.